The summed E-state index contributed by atoms with van der Waals surface area (Å²) in [7, 11) is 0. The van der Waals surface area contributed by atoms with Crippen molar-refractivity contribution in [2.75, 3.05) is 0 Å². The molecule has 2 heterocycles. The highest BCUT2D eigenvalue weighted by Crippen LogP contribution is 2.00. The van der Waals surface area contributed by atoms with E-state index in [0.29, 0.717) is 5.95 Å². The van der Waals surface area contributed by atoms with Crippen molar-refractivity contribution in [2.24, 2.45) is 5.73 Å². The average Bonchev–Trinajstić information content (AvgIpc) is 2.71. The van der Waals surface area contributed by atoms with Gasteiger partial charge in [-0.05, 0) is 6.07 Å². The minimum atomic E-state index is -0.575. The summed E-state index contributed by atoms with van der Waals surface area (Å²) in [5.41, 5.74) is 5.27. The predicted octanol–water partition coefficient (Wildman–Crippen LogP) is -0.239. The number of hydrogen-bond donors (Lipinski definition) is 1. The first-order valence-corrected chi connectivity index (χ1v) is 3.88. The van der Waals surface area contributed by atoms with Gasteiger partial charge in [0.05, 0.1) is 0 Å². The molecule has 0 saturated heterocycles. The molecule has 6 nitrogen and oxygen atoms in total. The largest absolute Gasteiger partial charge is 0.364 e. The second kappa shape index (κ2) is 3.25. The van der Waals surface area contributed by atoms with Crippen molar-refractivity contribution in [2.45, 2.75) is 0 Å². The number of primary amides is 1. The molecule has 0 fully saturated rings. The van der Waals surface area contributed by atoms with Gasteiger partial charge in [0.1, 0.15) is 12.0 Å². The van der Waals surface area contributed by atoms with Crippen LogP contribution in [0.2, 0.25) is 0 Å². The Balaban J connectivity index is 2.46. The van der Waals surface area contributed by atoms with Crippen LogP contribution >= 0.6 is 0 Å². The van der Waals surface area contributed by atoms with Crippen molar-refractivity contribution in [3.63, 3.8) is 0 Å². The molecule has 70 valence electrons. The van der Waals surface area contributed by atoms with Crippen LogP contribution in [0.3, 0.4) is 0 Å². The number of nitrogens with zero attached hydrogens (tertiary/aromatic N) is 4. The molecule has 0 aliphatic rings. The molecule has 0 aliphatic carbocycles. The highest BCUT2D eigenvalue weighted by molar-refractivity contribution is 5.90. The Morgan fingerprint density at radius 2 is 2.29 bits per heavy atom. The monoisotopic (exact) mass is 189 g/mol. The van der Waals surface area contributed by atoms with Gasteiger partial charge in [-0.2, -0.15) is 0 Å². The van der Waals surface area contributed by atoms with E-state index in [0.717, 1.165) is 0 Å². The molecule has 0 atom stereocenters. The van der Waals surface area contributed by atoms with E-state index in [1.807, 2.05) is 0 Å². The van der Waals surface area contributed by atoms with Crippen LogP contribution < -0.4 is 5.73 Å². The summed E-state index contributed by atoms with van der Waals surface area (Å²) >= 11 is 0. The van der Waals surface area contributed by atoms with Crippen LogP contribution in [0.1, 0.15) is 10.5 Å². The lowest BCUT2D eigenvalue weighted by molar-refractivity contribution is 0.0995. The third kappa shape index (κ3) is 1.45. The zero-order chi connectivity index (χ0) is 9.97. The Hall–Kier alpha value is -2.24. The molecule has 2 rings (SSSR count). The van der Waals surface area contributed by atoms with E-state index < -0.39 is 5.91 Å². The summed E-state index contributed by atoms with van der Waals surface area (Å²) in [6, 6.07) is 1.46. The Morgan fingerprint density at radius 1 is 1.43 bits per heavy atom. The molecule has 14 heavy (non-hydrogen) atoms. The number of imidazole rings is 1. The summed E-state index contributed by atoms with van der Waals surface area (Å²) in [5.74, 6) is -0.201. The number of amides is 1. The van der Waals surface area contributed by atoms with E-state index in [1.165, 1.54) is 12.3 Å². The number of rotatable bonds is 2. The summed E-state index contributed by atoms with van der Waals surface area (Å²) < 4.78 is 1.59. The minimum Gasteiger partial charge on any atom is -0.364 e. The first kappa shape index (κ1) is 8.36. The van der Waals surface area contributed by atoms with Crippen LogP contribution in [0.5, 0.6) is 0 Å². The number of aromatic nitrogens is 4. The second-order valence-electron chi connectivity index (χ2n) is 2.58. The Morgan fingerprint density at radius 3 is 2.93 bits per heavy atom. The molecule has 0 bridgehead atoms. The molecular formula is C8H7N5O. The molecule has 0 saturated carbocycles. The fourth-order valence-corrected chi connectivity index (χ4v) is 0.987. The van der Waals surface area contributed by atoms with Gasteiger partial charge in [-0.15, -0.1) is 0 Å². The molecule has 2 aromatic rings. The summed E-state index contributed by atoms with van der Waals surface area (Å²) in [6.07, 6.45) is 6.29. The first-order chi connectivity index (χ1) is 6.77. The highest BCUT2D eigenvalue weighted by atomic mass is 16.1. The van der Waals surface area contributed by atoms with Crippen molar-refractivity contribution in [1.82, 2.24) is 19.5 Å². The van der Waals surface area contributed by atoms with Gasteiger partial charge in [-0.25, -0.2) is 15.0 Å². The topological polar surface area (TPSA) is 86.7 Å². The molecule has 0 aliphatic heterocycles. The smallest absolute Gasteiger partial charge is 0.267 e. The lowest BCUT2D eigenvalue weighted by Crippen LogP contribution is -2.14. The Kier molecular flexibility index (Phi) is 1.94. The summed E-state index contributed by atoms with van der Waals surface area (Å²) in [5, 5.41) is 0. The molecule has 0 aromatic carbocycles. The van der Waals surface area contributed by atoms with Crippen LogP contribution in [0.4, 0.5) is 0 Å². The molecule has 6 heteroatoms. The minimum absolute atomic E-state index is 0.184. The van der Waals surface area contributed by atoms with Gasteiger partial charge in [-0.3, -0.25) is 9.36 Å². The van der Waals surface area contributed by atoms with Crippen molar-refractivity contribution in [1.29, 1.82) is 0 Å². The van der Waals surface area contributed by atoms with Crippen LogP contribution in [0, 0.1) is 0 Å². The zero-order valence-corrected chi connectivity index (χ0v) is 7.16. The predicted molar refractivity (Wildman–Crippen MR) is 47.7 cm³/mol. The van der Waals surface area contributed by atoms with Crippen molar-refractivity contribution >= 4 is 5.91 Å². The normalized spacial score (nSPS) is 10.0. The van der Waals surface area contributed by atoms with E-state index in [9.17, 15) is 4.79 Å². The van der Waals surface area contributed by atoms with Gasteiger partial charge < -0.3 is 5.73 Å². The first-order valence-electron chi connectivity index (χ1n) is 3.88. The van der Waals surface area contributed by atoms with E-state index in [2.05, 4.69) is 15.0 Å². The number of carbonyl (C=O) groups excluding carboxylic acids is 1. The van der Waals surface area contributed by atoms with Crippen LogP contribution in [-0.2, 0) is 0 Å². The quantitative estimate of drug-likeness (QED) is 0.706. The van der Waals surface area contributed by atoms with Gasteiger partial charge in [0.15, 0.2) is 0 Å². The van der Waals surface area contributed by atoms with Gasteiger partial charge in [-0.1, -0.05) is 0 Å². The van der Waals surface area contributed by atoms with E-state index in [-0.39, 0.29) is 5.69 Å². The van der Waals surface area contributed by atoms with Crippen molar-refractivity contribution < 1.29 is 4.79 Å². The Labute approximate surface area is 79.4 Å². The van der Waals surface area contributed by atoms with E-state index >= 15 is 0 Å². The second-order valence-corrected chi connectivity index (χ2v) is 2.58. The third-order valence-electron chi connectivity index (χ3n) is 1.63. The van der Waals surface area contributed by atoms with Gasteiger partial charge in [0, 0.05) is 18.6 Å². The standard InChI is InChI=1S/C8H7N5O/c9-7(14)6-1-2-11-8(12-6)13-4-3-10-5-13/h1-5H,(H2,9,14). The lowest BCUT2D eigenvalue weighted by atomic mass is 10.4. The highest BCUT2D eigenvalue weighted by Gasteiger charge is 2.04. The maximum atomic E-state index is 10.8. The molecule has 2 aromatic heterocycles. The number of carbonyl (C=O) groups is 1. The molecular weight excluding hydrogens is 182 g/mol. The fourth-order valence-electron chi connectivity index (χ4n) is 0.987. The maximum Gasteiger partial charge on any atom is 0.267 e. The molecule has 0 radical (unpaired) electrons. The van der Waals surface area contributed by atoms with E-state index in [1.54, 1.807) is 23.3 Å². The van der Waals surface area contributed by atoms with Crippen LogP contribution in [-0.4, -0.2) is 25.4 Å². The number of hydrogen-bond acceptors (Lipinski definition) is 4. The summed E-state index contributed by atoms with van der Waals surface area (Å²) in [4.78, 5) is 22.6. The average molecular weight is 189 g/mol. The Bertz CT molecular complexity index is 451. The number of nitrogens with two attached hydrogens (primary N) is 1. The maximum absolute atomic E-state index is 10.8. The van der Waals surface area contributed by atoms with E-state index in [4.69, 9.17) is 5.73 Å². The molecule has 0 spiro atoms. The molecule has 1 amide bonds. The third-order valence-corrected chi connectivity index (χ3v) is 1.63. The molecule has 2 N–H and O–H groups in total. The SMILES string of the molecule is NC(=O)c1ccnc(-n2ccnc2)n1. The lowest BCUT2D eigenvalue weighted by Gasteiger charge is -2.00. The van der Waals surface area contributed by atoms with Crippen LogP contribution in [0.25, 0.3) is 5.95 Å². The fraction of sp³-hybridized carbons (Fsp3) is 0. The van der Waals surface area contributed by atoms with Crippen molar-refractivity contribution in [3.05, 3.63) is 36.7 Å². The van der Waals surface area contributed by atoms with Gasteiger partial charge in [0.25, 0.3) is 5.91 Å². The zero-order valence-electron chi connectivity index (χ0n) is 7.16. The summed E-state index contributed by atoms with van der Waals surface area (Å²) in [6.45, 7) is 0. The van der Waals surface area contributed by atoms with Gasteiger partial charge >= 0.3 is 0 Å². The van der Waals surface area contributed by atoms with Crippen molar-refractivity contribution in [3.8, 4) is 5.95 Å². The van der Waals surface area contributed by atoms with Crippen LogP contribution in [0.15, 0.2) is 31.0 Å². The molecule has 0 unspecified atom stereocenters. The van der Waals surface area contributed by atoms with Gasteiger partial charge in [0.2, 0.25) is 5.95 Å².